The van der Waals surface area contributed by atoms with E-state index < -0.39 is 0 Å². The van der Waals surface area contributed by atoms with Gasteiger partial charge in [-0.25, -0.2) is 9.97 Å². The number of hydrogen-bond acceptors (Lipinski definition) is 4. The highest BCUT2D eigenvalue weighted by Gasteiger charge is 2.26. The van der Waals surface area contributed by atoms with E-state index >= 15 is 0 Å². The summed E-state index contributed by atoms with van der Waals surface area (Å²) in [6, 6.07) is 56.5. The maximum atomic E-state index is 4.95. The molecule has 0 aliphatic carbocycles. The lowest BCUT2D eigenvalue weighted by atomic mass is 9.88. The van der Waals surface area contributed by atoms with Gasteiger partial charge in [0.1, 0.15) is 11.6 Å². The van der Waals surface area contributed by atoms with Crippen molar-refractivity contribution < 1.29 is 0 Å². The summed E-state index contributed by atoms with van der Waals surface area (Å²) in [5, 5.41) is 12.1. The van der Waals surface area contributed by atoms with Crippen molar-refractivity contribution in [3.63, 3.8) is 0 Å². The van der Waals surface area contributed by atoms with Crippen molar-refractivity contribution in [1.82, 2.24) is 9.97 Å². The van der Waals surface area contributed by atoms with Crippen LogP contribution in [-0.2, 0) is 0 Å². The monoisotopic (exact) mass is 666 g/mol. The smallest absolute Gasteiger partial charge is 0.137 e. The third-order valence-electron chi connectivity index (χ3n) is 10.5. The Labute approximate surface area is 302 Å². The zero-order valence-corrected chi connectivity index (χ0v) is 29.0. The SMILES string of the molecule is Cc1ccc2c(N(c3ccccn3)c3cccc4ccccc34)cc3c(C)cc(N(c4ccccn4)c4cccc5ccccc45)c4ccc1c2c34. The fourth-order valence-electron chi connectivity index (χ4n) is 8.16. The predicted octanol–water partition coefficient (Wildman–Crippen LogP) is 13.2. The van der Waals surface area contributed by atoms with Gasteiger partial charge < -0.3 is 0 Å². The lowest BCUT2D eigenvalue weighted by molar-refractivity contribution is 1.19. The summed E-state index contributed by atoms with van der Waals surface area (Å²) in [4.78, 5) is 14.6. The molecule has 10 rings (SSSR count). The van der Waals surface area contributed by atoms with Crippen LogP contribution in [0, 0.1) is 13.8 Å². The first kappa shape index (κ1) is 30.1. The van der Waals surface area contributed by atoms with Crippen molar-refractivity contribution in [2.24, 2.45) is 0 Å². The first-order chi connectivity index (χ1) is 25.7. The lowest BCUT2D eigenvalue weighted by Crippen LogP contribution is -2.14. The zero-order valence-electron chi connectivity index (χ0n) is 29.0. The highest BCUT2D eigenvalue weighted by molar-refractivity contribution is 6.30. The Hall–Kier alpha value is -6.78. The number of fused-ring (bicyclic) bond motifs is 2. The van der Waals surface area contributed by atoms with Crippen molar-refractivity contribution >= 4 is 88.2 Å². The fraction of sp³-hybridized carbons (Fsp3) is 0.0417. The number of pyridine rings is 2. The number of nitrogens with zero attached hydrogens (tertiary/aromatic N) is 4. The van der Waals surface area contributed by atoms with Gasteiger partial charge in [0.25, 0.3) is 0 Å². The molecule has 0 atom stereocenters. The molecular weight excluding hydrogens is 633 g/mol. The summed E-state index contributed by atoms with van der Waals surface area (Å²) in [7, 11) is 0. The molecule has 0 amide bonds. The van der Waals surface area contributed by atoms with E-state index in [0.717, 1.165) is 34.4 Å². The van der Waals surface area contributed by atoms with E-state index in [-0.39, 0.29) is 0 Å². The standard InChI is InChI=1S/C48H34N4/c1-31-23-24-38-44(52(46-22-8-10-28-50-46)42-20-12-16-34-14-4-6-18-37(34)42)30-40-32(2)29-43(39-26-25-35(31)47(38)48(39)40)51(45-21-7-9-27-49-45)41-19-11-15-33-13-3-5-17-36(33)41/h3-30H,1-2H3. The maximum absolute atomic E-state index is 4.95. The Morgan fingerprint density at radius 3 is 1.40 bits per heavy atom. The van der Waals surface area contributed by atoms with Crippen LogP contribution in [0.1, 0.15) is 11.1 Å². The van der Waals surface area contributed by atoms with E-state index in [1.54, 1.807) is 0 Å². The van der Waals surface area contributed by atoms with Crippen LogP contribution >= 0.6 is 0 Å². The predicted molar refractivity (Wildman–Crippen MR) is 220 cm³/mol. The molecule has 52 heavy (non-hydrogen) atoms. The van der Waals surface area contributed by atoms with Crippen LogP contribution in [0.15, 0.2) is 170 Å². The van der Waals surface area contributed by atoms with Crippen molar-refractivity contribution in [2.75, 3.05) is 9.80 Å². The summed E-state index contributed by atoms with van der Waals surface area (Å²) < 4.78 is 0. The van der Waals surface area contributed by atoms with E-state index in [1.165, 1.54) is 65.0 Å². The van der Waals surface area contributed by atoms with Gasteiger partial charge in [-0.05, 0) is 106 Å². The minimum atomic E-state index is 0.876. The number of aromatic nitrogens is 2. The molecule has 0 N–H and O–H groups in total. The van der Waals surface area contributed by atoms with E-state index in [9.17, 15) is 0 Å². The average molecular weight is 667 g/mol. The van der Waals surface area contributed by atoms with Gasteiger partial charge in [-0.1, -0.05) is 109 Å². The molecule has 246 valence electrons. The van der Waals surface area contributed by atoms with Crippen LogP contribution < -0.4 is 9.80 Å². The second-order valence-corrected chi connectivity index (χ2v) is 13.5. The Morgan fingerprint density at radius 1 is 0.346 bits per heavy atom. The molecule has 2 heterocycles. The molecule has 4 nitrogen and oxygen atoms in total. The fourth-order valence-corrected chi connectivity index (χ4v) is 8.16. The third kappa shape index (κ3) is 4.61. The average Bonchev–Trinajstić information content (AvgIpc) is 3.20. The molecule has 2 aromatic heterocycles. The number of anilines is 6. The van der Waals surface area contributed by atoms with Crippen LogP contribution in [-0.4, -0.2) is 9.97 Å². The van der Waals surface area contributed by atoms with Gasteiger partial charge >= 0.3 is 0 Å². The van der Waals surface area contributed by atoms with E-state index in [4.69, 9.17) is 9.97 Å². The molecule has 0 saturated heterocycles. The van der Waals surface area contributed by atoms with E-state index in [1.807, 2.05) is 24.5 Å². The summed E-state index contributed by atoms with van der Waals surface area (Å²) in [6.07, 6.45) is 3.76. The summed E-state index contributed by atoms with van der Waals surface area (Å²) >= 11 is 0. The van der Waals surface area contributed by atoms with Crippen LogP contribution in [0.2, 0.25) is 0 Å². The molecule has 0 bridgehead atoms. The molecule has 10 aromatic rings. The Kier molecular flexibility index (Phi) is 6.90. The largest absolute Gasteiger partial charge is 0.294 e. The van der Waals surface area contributed by atoms with Gasteiger partial charge in [-0.3, -0.25) is 9.80 Å². The van der Waals surface area contributed by atoms with Gasteiger partial charge in [-0.2, -0.15) is 0 Å². The Bertz CT molecular complexity index is 2920. The van der Waals surface area contributed by atoms with Crippen LogP contribution in [0.3, 0.4) is 0 Å². The molecule has 0 radical (unpaired) electrons. The second kappa shape index (κ2) is 11.9. The van der Waals surface area contributed by atoms with E-state index in [0.29, 0.717) is 0 Å². The highest BCUT2D eigenvalue weighted by atomic mass is 15.2. The van der Waals surface area contributed by atoms with Crippen LogP contribution in [0.5, 0.6) is 0 Å². The Morgan fingerprint density at radius 2 is 0.827 bits per heavy atom. The molecule has 0 fully saturated rings. The highest BCUT2D eigenvalue weighted by Crippen LogP contribution is 2.50. The maximum Gasteiger partial charge on any atom is 0.137 e. The zero-order chi connectivity index (χ0) is 34.8. The molecular formula is C48H34N4. The van der Waals surface area contributed by atoms with Crippen LogP contribution in [0.4, 0.5) is 34.4 Å². The third-order valence-corrected chi connectivity index (χ3v) is 10.5. The number of rotatable bonds is 6. The van der Waals surface area contributed by atoms with Gasteiger partial charge in [-0.15, -0.1) is 0 Å². The summed E-state index contributed by atoms with van der Waals surface area (Å²) in [5.74, 6) is 1.75. The normalized spacial score (nSPS) is 11.7. The van der Waals surface area contributed by atoms with Crippen molar-refractivity contribution in [2.45, 2.75) is 13.8 Å². The topological polar surface area (TPSA) is 32.3 Å². The van der Waals surface area contributed by atoms with Gasteiger partial charge in [0.2, 0.25) is 0 Å². The van der Waals surface area contributed by atoms with E-state index in [2.05, 4.69) is 169 Å². The second-order valence-electron chi connectivity index (χ2n) is 13.5. The molecule has 8 aromatic carbocycles. The quantitative estimate of drug-likeness (QED) is 0.165. The van der Waals surface area contributed by atoms with Gasteiger partial charge in [0.05, 0.1) is 22.7 Å². The van der Waals surface area contributed by atoms with Crippen molar-refractivity contribution in [3.05, 3.63) is 181 Å². The van der Waals surface area contributed by atoms with Crippen molar-refractivity contribution in [1.29, 1.82) is 0 Å². The Balaban J connectivity index is 1.32. The van der Waals surface area contributed by atoms with Crippen LogP contribution in [0.25, 0.3) is 53.9 Å². The summed E-state index contributed by atoms with van der Waals surface area (Å²) in [6.45, 7) is 4.46. The molecule has 0 spiro atoms. The first-order valence-corrected chi connectivity index (χ1v) is 17.8. The molecule has 0 aliphatic rings. The minimum Gasteiger partial charge on any atom is -0.294 e. The molecule has 0 aliphatic heterocycles. The minimum absolute atomic E-state index is 0.876. The van der Waals surface area contributed by atoms with Gasteiger partial charge in [0, 0.05) is 33.9 Å². The number of hydrogen-bond donors (Lipinski definition) is 0. The molecule has 0 unspecified atom stereocenters. The molecule has 0 saturated carbocycles. The van der Waals surface area contributed by atoms with Crippen molar-refractivity contribution in [3.8, 4) is 0 Å². The number of aryl methyl sites for hydroxylation is 2. The lowest BCUT2D eigenvalue weighted by Gasteiger charge is -2.30. The first-order valence-electron chi connectivity index (χ1n) is 17.8. The molecule has 4 heteroatoms. The van der Waals surface area contributed by atoms with Gasteiger partial charge in [0.15, 0.2) is 0 Å². The summed E-state index contributed by atoms with van der Waals surface area (Å²) in [5.41, 5.74) is 6.85. The number of benzene rings is 8.